The third kappa shape index (κ3) is 1.28. The van der Waals surface area contributed by atoms with Gasteiger partial charge >= 0.3 is 0 Å². The highest BCUT2D eigenvalue weighted by molar-refractivity contribution is 5.83. The standard InChI is InChI=1S/C10H11N3O/c1-6(2)8-5-11-3-7-4-12-13-10(14)9(7)8/h3-6H,1-2H3,(H,13,14). The van der Waals surface area contributed by atoms with Crippen molar-refractivity contribution in [3.05, 3.63) is 34.5 Å². The Bertz CT molecular complexity index is 511. The third-order valence-corrected chi connectivity index (χ3v) is 2.22. The molecule has 14 heavy (non-hydrogen) atoms. The Morgan fingerprint density at radius 2 is 2.07 bits per heavy atom. The molecule has 0 spiro atoms. The van der Waals surface area contributed by atoms with Crippen molar-refractivity contribution in [2.24, 2.45) is 0 Å². The fourth-order valence-corrected chi connectivity index (χ4v) is 1.51. The fraction of sp³-hybridized carbons (Fsp3) is 0.300. The zero-order valence-electron chi connectivity index (χ0n) is 8.11. The second-order valence-electron chi connectivity index (χ2n) is 3.55. The van der Waals surface area contributed by atoms with Crippen molar-refractivity contribution in [3.63, 3.8) is 0 Å². The topological polar surface area (TPSA) is 58.6 Å². The van der Waals surface area contributed by atoms with Crippen LogP contribution in [0.25, 0.3) is 10.8 Å². The van der Waals surface area contributed by atoms with Crippen molar-refractivity contribution < 1.29 is 0 Å². The molecule has 0 bridgehead atoms. The smallest absolute Gasteiger partial charge is 0.267 e. The molecular formula is C10H11N3O. The fourth-order valence-electron chi connectivity index (χ4n) is 1.51. The molecule has 2 aromatic heterocycles. The Morgan fingerprint density at radius 3 is 2.79 bits per heavy atom. The predicted octanol–water partition coefficient (Wildman–Crippen LogP) is 1.44. The lowest BCUT2D eigenvalue weighted by Crippen LogP contribution is -2.10. The Kier molecular flexibility index (Phi) is 2.04. The van der Waals surface area contributed by atoms with E-state index in [0.717, 1.165) is 10.9 Å². The second-order valence-corrected chi connectivity index (χ2v) is 3.55. The molecule has 0 amide bonds. The van der Waals surface area contributed by atoms with Crippen molar-refractivity contribution in [2.75, 3.05) is 0 Å². The first-order valence-electron chi connectivity index (χ1n) is 4.51. The van der Waals surface area contributed by atoms with Crippen molar-refractivity contribution in [3.8, 4) is 0 Å². The number of rotatable bonds is 1. The first-order valence-corrected chi connectivity index (χ1v) is 4.51. The van der Waals surface area contributed by atoms with Gasteiger partial charge in [0.2, 0.25) is 0 Å². The summed E-state index contributed by atoms with van der Waals surface area (Å²) in [5.74, 6) is 0.287. The highest BCUT2D eigenvalue weighted by Crippen LogP contribution is 2.19. The van der Waals surface area contributed by atoms with Crippen LogP contribution in [0.3, 0.4) is 0 Å². The number of aromatic amines is 1. The van der Waals surface area contributed by atoms with Gasteiger partial charge in [0.1, 0.15) is 0 Å². The summed E-state index contributed by atoms with van der Waals surface area (Å²) in [7, 11) is 0. The summed E-state index contributed by atoms with van der Waals surface area (Å²) in [6.45, 7) is 4.08. The van der Waals surface area contributed by atoms with E-state index in [-0.39, 0.29) is 11.5 Å². The van der Waals surface area contributed by atoms with Crippen LogP contribution in [0.5, 0.6) is 0 Å². The molecule has 0 saturated carbocycles. The van der Waals surface area contributed by atoms with E-state index in [2.05, 4.69) is 15.2 Å². The minimum absolute atomic E-state index is 0.145. The molecule has 2 aromatic rings. The minimum Gasteiger partial charge on any atom is -0.267 e. The van der Waals surface area contributed by atoms with Gasteiger partial charge in [-0.05, 0) is 11.5 Å². The largest absolute Gasteiger partial charge is 0.272 e. The average molecular weight is 189 g/mol. The summed E-state index contributed by atoms with van der Waals surface area (Å²) in [5.41, 5.74) is 0.819. The summed E-state index contributed by atoms with van der Waals surface area (Å²) in [4.78, 5) is 15.6. The zero-order chi connectivity index (χ0) is 10.1. The van der Waals surface area contributed by atoms with Crippen LogP contribution >= 0.6 is 0 Å². The molecule has 2 heterocycles. The summed E-state index contributed by atoms with van der Waals surface area (Å²) in [6.07, 6.45) is 5.02. The zero-order valence-corrected chi connectivity index (χ0v) is 8.11. The molecule has 1 N–H and O–H groups in total. The number of hydrogen-bond acceptors (Lipinski definition) is 3. The summed E-state index contributed by atoms with van der Waals surface area (Å²) in [6, 6.07) is 0. The molecule has 0 saturated heterocycles. The van der Waals surface area contributed by atoms with Gasteiger partial charge in [0.25, 0.3) is 5.56 Å². The molecule has 0 atom stereocenters. The summed E-state index contributed by atoms with van der Waals surface area (Å²) < 4.78 is 0. The van der Waals surface area contributed by atoms with E-state index >= 15 is 0 Å². The summed E-state index contributed by atoms with van der Waals surface area (Å²) in [5, 5.41) is 7.66. The SMILES string of the molecule is CC(C)c1cncc2cn[nH]c(=O)c12. The van der Waals surface area contributed by atoms with Crippen LogP contribution in [0.15, 0.2) is 23.4 Å². The van der Waals surface area contributed by atoms with Gasteiger partial charge < -0.3 is 0 Å². The second kappa shape index (κ2) is 3.21. The van der Waals surface area contributed by atoms with Crippen molar-refractivity contribution in [1.82, 2.24) is 15.2 Å². The van der Waals surface area contributed by atoms with Crippen LogP contribution in [0.2, 0.25) is 0 Å². The first-order chi connectivity index (χ1) is 6.70. The van der Waals surface area contributed by atoms with Crippen LogP contribution < -0.4 is 5.56 Å². The molecule has 4 nitrogen and oxygen atoms in total. The molecule has 2 rings (SSSR count). The Hall–Kier alpha value is -1.71. The molecule has 0 aromatic carbocycles. The Balaban J connectivity index is 2.91. The highest BCUT2D eigenvalue weighted by atomic mass is 16.1. The molecule has 0 fully saturated rings. The van der Waals surface area contributed by atoms with E-state index < -0.39 is 0 Å². The van der Waals surface area contributed by atoms with E-state index in [4.69, 9.17) is 0 Å². The van der Waals surface area contributed by atoms with Gasteiger partial charge in [0.15, 0.2) is 0 Å². The van der Waals surface area contributed by atoms with Crippen LogP contribution in [0.1, 0.15) is 25.3 Å². The highest BCUT2D eigenvalue weighted by Gasteiger charge is 2.08. The maximum absolute atomic E-state index is 11.6. The molecule has 0 aliphatic carbocycles. The van der Waals surface area contributed by atoms with Crippen molar-refractivity contribution in [2.45, 2.75) is 19.8 Å². The number of H-pyrrole nitrogens is 1. The third-order valence-electron chi connectivity index (χ3n) is 2.22. The van der Waals surface area contributed by atoms with Crippen LogP contribution in [0.4, 0.5) is 0 Å². The van der Waals surface area contributed by atoms with Crippen LogP contribution in [-0.2, 0) is 0 Å². The van der Waals surface area contributed by atoms with Crippen molar-refractivity contribution >= 4 is 10.8 Å². The van der Waals surface area contributed by atoms with Gasteiger partial charge in [0.05, 0.1) is 11.6 Å². The molecule has 0 unspecified atom stereocenters. The summed E-state index contributed by atoms with van der Waals surface area (Å²) >= 11 is 0. The Labute approximate surface area is 81.0 Å². The van der Waals surface area contributed by atoms with E-state index in [1.165, 1.54) is 0 Å². The van der Waals surface area contributed by atoms with E-state index in [1.54, 1.807) is 18.6 Å². The predicted molar refractivity (Wildman–Crippen MR) is 54.2 cm³/mol. The molecule has 4 heteroatoms. The van der Waals surface area contributed by atoms with Crippen molar-refractivity contribution in [1.29, 1.82) is 0 Å². The average Bonchev–Trinajstić information content (AvgIpc) is 2.17. The Morgan fingerprint density at radius 1 is 1.29 bits per heavy atom. The quantitative estimate of drug-likeness (QED) is 0.738. The number of pyridine rings is 1. The van der Waals surface area contributed by atoms with E-state index in [0.29, 0.717) is 5.39 Å². The monoisotopic (exact) mass is 189 g/mol. The van der Waals surface area contributed by atoms with Gasteiger partial charge in [-0.15, -0.1) is 0 Å². The maximum Gasteiger partial charge on any atom is 0.272 e. The number of fused-ring (bicyclic) bond motifs is 1. The molecule has 0 radical (unpaired) electrons. The minimum atomic E-state index is -0.145. The molecule has 72 valence electrons. The molecule has 0 aliphatic rings. The number of nitrogens with zero attached hydrogens (tertiary/aromatic N) is 2. The number of nitrogens with one attached hydrogen (secondary N) is 1. The van der Waals surface area contributed by atoms with Crippen LogP contribution in [0, 0.1) is 0 Å². The lowest BCUT2D eigenvalue weighted by Gasteiger charge is -2.06. The van der Waals surface area contributed by atoms with Gasteiger partial charge in [-0.25, -0.2) is 5.10 Å². The first kappa shape index (κ1) is 8.87. The van der Waals surface area contributed by atoms with Crippen LogP contribution in [-0.4, -0.2) is 15.2 Å². The normalized spacial score (nSPS) is 11.1. The van der Waals surface area contributed by atoms with Gasteiger partial charge in [-0.3, -0.25) is 9.78 Å². The van der Waals surface area contributed by atoms with E-state index in [9.17, 15) is 4.79 Å². The molecule has 0 aliphatic heterocycles. The lowest BCUT2D eigenvalue weighted by atomic mass is 10.0. The van der Waals surface area contributed by atoms with Gasteiger partial charge in [-0.2, -0.15) is 5.10 Å². The molecular weight excluding hydrogens is 178 g/mol. The number of aromatic nitrogens is 3. The van der Waals surface area contributed by atoms with Gasteiger partial charge in [0, 0.05) is 17.8 Å². The number of hydrogen-bond donors (Lipinski definition) is 1. The van der Waals surface area contributed by atoms with Gasteiger partial charge in [-0.1, -0.05) is 13.8 Å². The maximum atomic E-state index is 11.6. The lowest BCUT2D eigenvalue weighted by molar-refractivity contribution is 0.864. The van der Waals surface area contributed by atoms with E-state index in [1.807, 2.05) is 13.8 Å².